The highest BCUT2D eigenvalue weighted by atomic mass is 32.1. The molecule has 2 aromatic heterocycles. The van der Waals surface area contributed by atoms with Gasteiger partial charge in [-0.15, -0.1) is 16.5 Å². The summed E-state index contributed by atoms with van der Waals surface area (Å²) >= 11 is 2.82. The number of thiophene rings is 1. The molecule has 0 saturated carbocycles. The number of benzene rings is 1. The van der Waals surface area contributed by atoms with E-state index >= 15 is 0 Å². The Morgan fingerprint density at radius 1 is 1.37 bits per heavy atom. The van der Waals surface area contributed by atoms with E-state index in [9.17, 15) is 9.90 Å². The number of phenols is 1. The van der Waals surface area contributed by atoms with Crippen molar-refractivity contribution in [3.8, 4) is 22.1 Å². The molecule has 0 aliphatic rings. The Balaban J connectivity index is 1.77. The van der Waals surface area contributed by atoms with Crippen molar-refractivity contribution in [1.82, 2.24) is 4.98 Å². The van der Waals surface area contributed by atoms with Crippen LogP contribution >= 0.6 is 22.7 Å². The molecule has 0 bridgehead atoms. The van der Waals surface area contributed by atoms with Gasteiger partial charge in [0.1, 0.15) is 10.7 Å². The maximum Gasteiger partial charge on any atom is 0.232 e. The average molecular weight is 403 g/mol. The Morgan fingerprint density at radius 2 is 2.22 bits per heavy atom. The molecule has 140 valence electrons. The number of hydrogen-bond donors (Lipinski definition) is 2. The molecule has 27 heavy (non-hydrogen) atoms. The molecule has 1 aromatic carbocycles. The van der Waals surface area contributed by atoms with E-state index in [1.54, 1.807) is 29.5 Å². The molecular formula is C18H18N4O3S2. The van der Waals surface area contributed by atoms with Gasteiger partial charge in [-0.2, -0.15) is 5.11 Å². The van der Waals surface area contributed by atoms with Gasteiger partial charge in [-0.1, -0.05) is 23.5 Å². The molecule has 2 N–H and O–H groups in total. The van der Waals surface area contributed by atoms with E-state index in [1.165, 1.54) is 18.3 Å². The summed E-state index contributed by atoms with van der Waals surface area (Å²) in [4.78, 5) is 16.9. The normalized spacial score (nSPS) is 11.0. The second-order valence-electron chi connectivity index (χ2n) is 5.47. The lowest BCUT2D eigenvalue weighted by molar-refractivity contribution is -0.114. The number of amides is 1. The summed E-state index contributed by atoms with van der Waals surface area (Å²) in [5.74, 6) is 0.359. The van der Waals surface area contributed by atoms with Gasteiger partial charge >= 0.3 is 0 Å². The third kappa shape index (κ3) is 4.89. The van der Waals surface area contributed by atoms with E-state index in [0.717, 1.165) is 10.4 Å². The number of azo groups is 1. The van der Waals surface area contributed by atoms with Gasteiger partial charge in [0.05, 0.1) is 18.0 Å². The van der Waals surface area contributed by atoms with Crippen LogP contribution in [0.4, 0.5) is 10.1 Å². The zero-order valence-electron chi connectivity index (χ0n) is 14.8. The van der Waals surface area contributed by atoms with Crippen LogP contribution in [0.15, 0.2) is 45.9 Å². The fraction of sp³-hybridized carbons (Fsp3) is 0.222. The summed E-state index contributed by atoms with van der Waals surface area (Å²) < 4.78 is 5.37. The van der Waals surface area contributed by atoms with Gasteiger partial charge in [-0.25, -0.2) is 4.98 Å². The van der Waals surface area contributed by atoms with Gasteiger partial charge < -0.3 is 15.2 Å². The van der Waals surface area contributed by atoms with Crippen molar-refractivity contribution in [2.75, 3.05) is 11.9 Å². The Morgan fingerprint density at radius 3 is 2.93 bits per heavy atom. The number of aromatic hydroxyl groups is 1. The molecule has 0 spiro atoms. The summed E-state index contributed by atoms with van der Waals surface area (Å²) in [6, 6.07) is 8.94. The Bertz CT molecular complexity index is 952. The van der Waals surface area contributed by atoms with E-state index in [4.69, 9.17) is 4.74 Å². The summed E-state index contributed by atoms with van der Waals surface area (Å²) in [5, 5.41) is 24.0. The summed E-state index contributed by atoms with van der Waals surface area (Å²) in [5.41, 5.74) is 1.56. The van der Waals surface area contributed by atoms with Crippen LogP contribution in [0, 0.1) is 0 Å². The number of nitrogens with zero attached hydrogens (tertiary/aromatic N) is 3. The summed E-state index contributed by atoms with van der Waals surface area (Å²) in [6.07, 6.45) is 0. The second-order valence-corrected chi connectivity index (χ2v) is 7.39. The predicted octanol–water partition coefficient (Wildman–Crippen LogP) is 5.22. The minimum atomic E-state index is -0.160. The number of carbonyl (C=O) groups excluding carboxylic acids is 1. The van der Waals surface area contributed by atoms with Crippen molar-refractivity contribution < 1.29 is 14.6 Å². The number of carbonyl (C=O) groups is 1. The number of nitrogens with one attached hydrogen (secondary N) is 1. The van der Waals surface area contributed by atoms with Crippen molar-refractivity contribution in [3.05, 3.63) is 41.3 Å². The molecule has 2 heterocycles. The van der Waals surface area contributed by atoms with Gasteiger partial charge in [-0.05, 0) is 36.1 Å². The molecule has 3 aromatic rings. The number of hydrogen-bond acceptors (Lipinski definition) is 8. The van der Waals surface area contributed by atoms with Crippen LogP contribution < -0.4 is 10.1 Å². The third-order valence-electron chi connectivity index (χ3n) is 3.39. The minimum absolute atomic E-state index is 0.0954. The first kappa shape index (κ1) is 19.0. The van der Waals surface area contributed by atoms with Crippen LogP contribution in [0.5, 0.6) is 11.5 Å². The fourth-order valence-electron chi connectivity index (χ4n) is 2.28. The largest absolute Gasteiger partial charge is 0.504 e. The standard InChI is InChI=1S/C18H18N4O3S2/c1-3-25-14-9-12(6-7-13(14)24)10-19-22-18-21-16(15-5-4-8-26-15)17(27-18)20-11(2)23/h4-9,24H,3,10H2,1-2H3,(H,20,23). The van der Waals surface area contributed by atoms with Crippen molar-refractivity contribution in [1.29, 1.82) is 0 Å². The first-order valence-electron chi connectivity index (χ1n) is 8.21. The van der Waals surface area contributed by atoms with Crippen LogP contribution in [0.3, 0.4) is 0 Å². The maximum atomic E-state index is 11.4. The predicted molar refractivity (Wildman–Crippen MR) is 107 cm³/mol. The van der Waals surface area contributed by atoms with Crippen molar-refractivity contribution in [2.24, 2.45) is 10.2 Å². The fourth-order valence-corrected chi connectivity index (χ4v) is 3.93. The Kier molecular flexibility index (Phi) is 6.15. The lowest BCUT2D eigenvalue weighted by Crippen LogP contribution is -2.04. The molecule has 9 heteroatoms. The molecule has 1 amide bonds. The van der Waals surface area contributed by atoms with Crippen LogP contribution in [-0.2, 0) is 11.3 Å². The molecule has 0 radical (unpaired) electrons. The quantitative estimate of drug-likeness (QED) is 0.530. The molecule has 0 unspecified atom stereocenters. The third-order valence-corrected chi connectivity index (χ3v) is 5.13. The highest BCUT2D eigenvalue weighted by Gasteiger charge is 2.15. The first-order chi connectivity index (χ1) is 13.1. The Labute approximate surface area is 164 Å². The number of ether oxygens (including phenoxy) is 1. The van der Waals surface area contributed by atoms with Gasteiger partial charge in [-0.3, -0.25) is 4.79 Å². The zero-order chi connectivity index (χ0) is 19.2. The first-order valence-corrected chi connectivity index (χ1v) is 9.91. The van der Waals surface area contributed by atoms with Crippen molar-refractivity contribution >= 4 is 38.7 Å². The molecule has 0 aliphatic heterocycles. The van der Waals surface area contributed by atoms with E-state index in [-0.39, 0.29) is 11.7 Å². The number of anilines is 1. The van der Waals surface area contributed by atoms with Crippen LogP contribution in [0.1, 0.15) is 19.4 Å². The smallest absolute Gasteiger partial charge is 0.232 e. The lowest BCUT2D eigenvalue weighted by atomic mass is 10.2. The maximum absolute atomic E-state index is 11.4. The topological polar surface area (TPSA) is 96.2 Å². The summed E-state index contributed by atoms with van der Waals surface area (Å²) in [6.45, 7) is 4.10. The zero-order valence-corrected chi connectivity index (χ0v) is 16.4. The number of phenolic OH excluding ortho intramolecular Hbond substituents is 1. The molecule has 0 fully saturated rings. The lowest BCUT2D eigenvalue weighted by Gasteiger charge is -2.06. The Hall–Kier alpha value is -2.78. The van der Waals surface area contributed by atoms with Gasteiger partial charge in [0.15, 0.2) is 11.5 Å². The monoisotopic (exact) mass is 402 g/mol. The van der Waals surface area contributed by atoms with Crippen molar-refractivity contribution in [3.63, 3.8) is 0 Å². The van der Waals surface area contributed by atoms with Gasteiger partial charge in [0.2, 0.25) is 11.0 Å². The number of aromatic nitrogens is 1. The van der Waals surface area contributed by atoms with Gasteiger partial charge in [0.25, 0.3) is 0 Å². The molecule has 3 rings (SSSR count). The van der Waals surface area contributed by atoms with E-state index in [2.05, 4.69) is 20.5 Å². The molecule has 0 aliphatic carbocycles. The van der Waals surface area contributed by atoms with E-state index < -0.39 is 0 Å². The number of rotatable bonds is 7. The highest BCUT2D eigenvalue weighted by Crippen LogP contribution is 2.39. The highest BCUT2D eigenvalue weighted by molar-refractivity contribution is 7.20. The SMILES string of the molecule is CCOc1cc(CN=Nc2nc(-c3cccs3)c(NC(C)=O)s2)ccc1O. The molecule has 0 saturated heterocycles. The van der Waals surface area contributed by atoms with Crippen LogP contribution in [0.2, 0.25) is 0 Å². The minimum Gasteiger partial charge on any atom is -0.504 e. The molecule has 0 atom stereocenters. The van der Waals surface area contributed by atoms with Crippen LogP contribution in [0.25, 0.3) is 10.6 Å². The molecular weight excluding hydrogens is 384 g/mol. The summed E-state index contributed by atoms with van der Waals surface area (Å²) in [7, 11) is 0. The van der Waals surface area contributed by atoms with Crippen molar-refractivity contribution in [2.45, 2.75) is 20.4 Å². The van der Waals surface area contributed by atoms with E-state index in [1.807, 2.05) is 24.4 Å². The van der Waals surface area contributed by atoms with E-state index in [0.29, 0.717) is 34.7 Å². The second kappa shape index (κ2) is 8.74. The average Bonchev–Trinajstić information content (AvgIpc) is 3.27. The molecule has 7 nitrogen and oxygen atoms in total. The van der Waals surface area contributed by atoms with Gasteiger partial charge in [0, 0.05) is 6.92 Å². The van der Waals surface area contributed by atoms with Crippen LogP contribution in [-0.4, -0.2) is 22.6 Å². The number of thiazole rings is 1.